The number of nitrogens with one attached hydrogen (secondary N) is 2. The molecule has 0 heterocycles. The fourth-order valence-corrected chi connectivity index (χ4v) is 2.39. The molecule has 0 unspecified atom stereocenters. The summed E-state index contributed by atoms with van der Waals surface area (Å²) in [5.41, 5.74) is 2.10. The van der Waals surface area contributed by atoms with Gasteiger partial charge < -0.3 is 10.6 Å². The fraction of sp³-hybridized carbons (Fsp3) is 0.263. The molecule has 2 aromatic rings. The summed E-state index contributed by atoms with van der Waals surface area (Å²) in [6.45, 7) is 2.41. The Bertz CT molecular complexity index is 699. The van der Waals surface area contributed by atoms with Crippen molar-refractivity contribution in [2.75, 3.05) is 5.32 Å². The van der Waals surface area contributed by atoms with Crippen molar-refractivity contribution in [2.24, 2.45) is 0 Å². The monoisotopic (exact) mass is 344 g/mol. The molecule has 0 saturated carbocycles. The Morgan fingerprint density at radius 2 is 1.75 bits per heavy atom. The van der Waals surface area contributed by atoms with Crippen molar-refractivity contribution in [3.05, 3.63) is 64.7 Å². The minimum atomic E-state index is -0.182. The summed E-state index contributed by atoms with van der Waals surface area (Å²) in [5, 5.41) is 6.28. The zero-order valence-corrected chi connectivity index (χ0v) is 14.4. The minimum absolute atomic E-state index is 0.00669. The van der Waals surface area contributed by atoms with Crippen LogP contribution < -0.4 is 10.6 Å². The number of halogens is 1. The predicted molar refractivity (Wildman–Crippen MR) is 97.2 cm³/mol. The van der Waals surface area contributed by atoms with E-state index in [1.54, 1.807) is 30.3 Å². The van der Waals surface area contributed by atoms with Crippen LogP contribution in [-0.2, 0) is 11.3 Å². The van der Waals surface area contributed by atoms with E-state index in [4.69, 9.17) is 11.6 Å². The van der Waals surface area contributed by atoms with Gasteiger partial charge in [-0.15, -0.1) is 0 Å². The van der Waals surface area contributed by atoms with Gasteiger partial charge in [-0.05, 0) is 42.3 Å². The second-order valence-electron chi connectivity index (χ2n) is 5.50. The summed E-state index contributed by atoms with van der Waals surface area (Å²) in [5.74, 6) is -0.188. The molecule has 126 valence electrons. The number of unbranched alkanes of at least 4 members (excludes halogenated alkanes) is 1. The normalized spacial score (nSPS) is 10.2. The van der Waals surface area contributed by atoms with Crippen molar-refractivity contribution >= 4 is 29.1 Å². The third kappa shape index (κ3) is 5.39. The summed E-state index contributed by atoms with van der Waals surface area (Å²) in [4.78, 5) is 23.8. The summed E-state index contributed by atoms with van der Waals surface area (Å²) in [7, 11) is 0. The molecule has 0 aromatic heterocycles. The highest BCUT2D eigenvalue weighted by atomic mass is 35.5. The average molecular weight is 345 g/mol. The number of carbonyl (C=O) groups excluding carboxylic acids is 2. The van der Waals surface area contributed by atoms with E-state index >= 15 is 0 Å². The second-order valence-corrected chi connectivity index (χ2v) is 5.91. The van der Waals surface area contributed by atoms with Crippen molar-refractivity contribution in [2.45, 2.75) is 32.7 Å². The van der Waals surface area contributed by atoms with Crippen LogP contribution >= 0.6 is 11.6 Å². The average Bonchev–Trinajstić information content (AvgIpc) is 2.59. The highest BCUT2D eigenvalue weighted by Gasteiger charge is 2.07. The van der Waals surface area contributed by atoms with E-state index in [2.05, 4.69) is 10.6 Å². The van der Waals surface area contributed by atoms with Gasteiger partial charge in [0.05, 0.1) is 0 Å². The van der Waals surface area contributed by atoms with E-state index in [9.17, 15) is 9.59 Å². The van der Waals surface area contributed by atoms with Gasteiger partial charge in [0.25, 0.3) is 5.91 Å². The molecule has 24 heavy (non-hydrogen) atoms. The van der Waals surface area contributed by atoms with Crippen LogP contribution in [0.5, 0.6) is 0 Å². The number of hydrogen-bond donors (Lipinski definition) is 2. The van der Waals surface area contributed by atoms with E-state index in [-0.39, 0.29) is 11.8 Å². The lowest BCUT2D eigenvalue weighted by Crippen LogP contribution is -2.23. The number of anilines is 1. The SMILES string of the molecule is CCCCC(=O)Nc1ccc(C(=O)NCc2ccccc2Cl)cc1. The lowest BCUT2D eigenvalue weighted by atomic mass is 10.1. The Kier molecular flexibility index (Phi) is 6.82. The minimum Gasteiger partial charge on any atom is -0.348 e. The summed E-state index contributed by atoms with van der Waals surface area (Å²) in [6, 6.07) is 14.2. The Morgan fingerprint density at radius 3 is 2.42 bits per heavy atom. The summed E-state index contributed by atoms with van der Waals surface area (Å²) in [6.07, 6.45) is 2.36. The van der Waals surface area contributed by atoms with Crippen LogP contribution in [-0.4, -0.2) is 11.8 Å². The molecule has 2 amide bonds. The molecule has 0 aliphatic heterocycles. The highest BCUT2D eigenvalue weighted by Crippen LogP contribution is 2.15. The maximum absolute atomic E-state index is 12.2. The first kappa shape index (κ1) is 18.0. The van der Waals surface area contributed by atoms with E-state index < -0.39 is 0 Å². The lowest BCUT2D eigenvalue weighted by molar-refractivity contribution is -0.116. The van der Waals surface area contributed by atoms with Crippen molar-refractivity contribution < 1.29 is 9.59 Å². The molecule has 2 aromatic carbocycles. The van der Waals surface area contributed by atoms with Crippen molar-refractivity contribution in [3.8, 4) is 0 Å². The van der Waals surface area contributed by atoms with Gasteiger partial charge in [0.2, 0.25) is 5.91 Å². The van der Waals surface area contributed by atoms with Gasteiger partial charge in [0.1, 0.15) is 0 Å². The fourth-order valence-electron chi connectivity index (χ4n) is 2.19. The Balaban J connectivity index is 1.89. The molecule has 0 radical (unpaired) electrons. The van der Waals surface area contributed by atoms with Gasteiger partial charge in [0.15, 0.2) is 0 Å². The van der Waals surface area contributed by atoms with E-state index in [0.29, 0.717) is 29.2 Å². The van der Waals surface area contributed by atoms with Gasteiger partial charge in [0, 0.05) is 29.2 Å². The van der Waals surface area contributed by atoms with Crippen LogP contribution in [0.3, 0.4) is 0 Å². The number of amides is 2. The van der Waals surface area contributed by atoms with Crippen LogP contribution in [0.15, 0.2) is 48.5 Å². The third-order valence-electron chi connectivity index (χ3n) is 3.59. The first-order valence-corrected chi connectivity index (χ1v) is 8.39. The molecular weight excluding hydrogens is 324 g/mol. The van der Waals surface area contributed by atoms with E-state index in [1.807, 2.05) is 25.1 Å². The molecule has 4 nitrogen and oxygen atoms in total. The summed E-state index contributed by atoms with van der Waals surface area (Å²) >= 11 is 6.07. The van der Waals surface area contributed by atoms with Gasteiger partial charge in [-0.3, -0.25) is 9.59 Å². The molecule has 0 aliphatic carbocycles. The lowest BCUT2D eigenvalue weighted by Gasteiger charge is -2.08. The van der Waals surface area contributed by atoms with Crippen LogP contribution in [0, 0.1) is 0 Å². The van der Waals surface area contributed by atoms with Gasteiger partial charge >= 0.3 is 0 Å². The molecule has 5 heteroatoms. The topological polar surface area (TPSA) is 58.2 Å². The van der Waals surface area contributed by atoms with Crippen molar-refractivity contribution in [1.29, 1.82) is 0 Å². The van der Waals surface area contributed by atoms with Crippen molar-refractivity contribution in [3.63, 3.8) is 0 Å². The zero-order chi connectivity index (χ0) is 17.4. The standard InChI is InChI=1S/C19H21ClN2O2/c1-2-3-8-18(23)22-16-11-9-14(10-12-16)19(24)21-13-15-6-4-5-7-17(15)20/h4-7,9-12H,2-3,8,13H2,1H3,(H,21,24)(H,22,23). The van der Waals surface area contributed by atoms with Crippen LogP contribution in [0.1, 0.15) is 42.1 Å². The molecule has 0 aliphatic rings. The molecule has 2 N–H and O–H groups in total. The Labute approximate surface area is 147 Å². The number of benzene rings is 2. The zero-order valence-electron chi connectivity index (χ0n) is 13.6. The molecule has 0 spiro atoms. The molecule has 0 bridgehead atoms. The number of rotatable bonds is 7. The maximum Gasteiger partial charge on any atom is 0.251 e. The molecule has 2 rings (SSSR count). The summed E-state index contributed by atoms with van der Waals surface area (Å²) < 4.78 is 0. The largest absolute Gasteiger partial charge is 0.348 e. The molecular formula is C19H21ClN2O2. The smallest absolute Gasteiger partial charge is 0.251 e. The van der Waals surface area contributed by atoms with Gasteiger partial charge in [-0.1, -0.05) is 43.1 Å². The van der Waals surface area contributed by atoms with E-state index in [1.165, 1.54) is 0 Å². The van der Waals surface area contributed by atoms with Crippen molar-refractivity contribution in [1.82, 2.24) is 5.32 Å². The first-order chi connectivity index (χ1) is 11.6. The van der Waals surface area contributed by atoms with Gasteiger partial charge in [-0.2, -0.15) is 0 Å². The second kappa shape index (κ2) is 9.08. The third-order valence-corrected chi connectivity index (χ3v) is 3.95. The Hall–Kier alpha value is -2.33. The first-order valence-electron chi connectivity index (χ1n) is 8.01. The van der Waals surface area contributed by atoms with Crippen LogP contribution in [0.25, 0.3) is 0 Å². The van der Waals surface area contributed by atoms with Crippen LogP contribution in [0.2, 0.25) is 5.02 Å². The number of hydrogen-bond acceptors (Lipinski definition) is 2. The highest BCUT2D eigenvalue weighted by molar-refractivity contribution is 6.31. The van der Waals surface area contributed by atoms with Crippen LogP contribution in [0.4, 0.5) is 5.69 Å². The molecule has 0 atom stereocenters. The molecule has 0 fully saturated rings. The van der Waals surface area contributed by atoms with E-state index in [0.717, 1.165) is 18.4 Å². The molecule has 0 saturated heterocycles. The number of carbonyl (C=O) groups is 2. The van der Waals surface area contributed by atoms with Gasteiger partial charge in [-0.25, -0.2) is 0 Å². The quantitative estimate of drug-likeness (QED) is 0.782. The maximum atomic E-state index is 12.2. The Morgan fingerprint density at radius 1 is 1.04 bits per heavy atom. The predicted octanol–water partition coefficient (Wildman–Crippen LogP) is 4.40.